The van der Waals surface area contributed by atoms with Crippen LogP contribution in [0.4, 0.5) is 8.78 Å². The molecule has 0 spiro atoms. The van der Waals surface area contributed by atoms with Crippen LogP contribution in [0.1, 0.15) is 11.1 Å². The average Bonchev–Trinajstić information content (AvgIpc) is 2.64. The lowest BCUT2D eigenvalue weighted by Gasteiger charge is -2.34. The number of nitrogens with zero attached hydrogens (tertiary/aromatic N) is 3. The van der Waals surface area contributed by atoms with Crippen LogP contribution in [0.5, 0.6) is 0 Å². The second-order valence-corrected chi connectivity index (χ2v) is 7.93. The third-order valence-corrected chi connectivity index (χ3v) is 6.29. The van der Waals surface area contributed by atoms with E-state index in [1.165, 1.54) is 0 Å². The molecule has 136 valence electrons. The van der Waals surface area contributed by atoms with Crippen molar-refractivity contribution in [2.45, 2.75) is 11.4 Å². The zero-order chi connectivity index (χ0) is 18.7. The third-order valence-electron chi connectivity index (χ3n) is 4.37. The van der Waals surface area contributed by atoms with E-state index >= 15 is 0 Å². The van der Waals surface area contributed by atoms with Gasteiger partial charge in [-0.15, -0.1) is 0 Å². The first-order valence-corrected chi connectivity index (χ1v) is 9.51. The molecule has 3 rings (SSSR count). The van der Waals surface area contributed by atoms with Crippen LogP contribution >= 0.6 is 0 Å². The van der Waals surface area contributed by atoms with Gasteiger partial charge in [-0.05, 0) is 29.8 Å². The molecule has 0 aliphatic carbocycles. The lowest BCUT2D eigenvalue weighted by Crippen LogP contribution is -2.48. The maximum absolute atomic E-state index is 13.9. The minimum atomic E-state index is -4.08. The summed E-state index contributed by atoms with van der Waals surface area (Å²) in [6.45, 7) is 1.76. The highest BCUT2D eigenvalue weighted by Gasteiger charge is 2.31. The van der Waals surface area contributed by atoms with E-state index in [9.17, 15) is 17.2 Å². The second-order valence-electron chi connectivity index (χ2n) is 6.02. The number of benzene rings is 2. The Kier molecular flexibility index (Phi) is 5.32. The van der Waals surface area contributed by atoms with Crippen LogP contribution in [-0.2, 0) is 16.6 Å². The Bertz CT molecular complexity index is 949. The Hall–Kier alpha value is -2.34. The van der Waals surface area contributed by atoms with Crippen molar-refractivity contribution in [3.63, 3.8) is 0 Å². The summed E-state index contributed by atoms with van der Waals surface area (Å²) in [6, 6.07) is 11.8. The van der Waals surface area contributed by atoms with Crippen molar-refractivity contribution in [2.24, 2.45) is 0 Å². The molecule has 1 saturated heterocycles. The molecular weight excluding hydrogens is 360 g/mol. The zero-order valence-electron chi connectivity index (χ0n) is 13.9. The van der Waals surface area contributed by atoms with Crippen molar-refractivity contribution in [3.8, 4) is 6.07 Å². The van der Waals surface area contributed by atoms with Gasteiger partial charge in [0.2, 0.25) is 10.0 Å². The van der Waals surface area contributed by atoms with Crippen LogP contribution in [0.3, 0.4) is 0 Å². The molecule has 0 saturated carbocycles. The molecule has 0 aromatic heterocycles. The second kappa shape index (κ2) is 7.50. The first kappa shape index (κ1) is 18.5. The molecule has 0 bridgehead atoms. The van der Waals surface area contributed by atoms with Crippen LogP contribution < -0.4 is 0 Å². The van der Waals surface area contributed by atoms with Crippen LogP contribution in [0, 0.1) is 23.0 Å². The highest BCUT2D eigenvalue weighted by Crippen LogP contribution is 2.22. The number of halogens is 2. The number of hydrogen-bond acceptors (Lipinski definition) is 4. The maximum Gasteiger partial charge on any atom is 0.246 e. The van der Waals surface area contributed by atoms with E-state index in [0.717, 1.165) is 22.0 Å². The SMILES string of the molecule is N#Cc1ccccc1CN1CCN(S(=O)(=O)c2cc(F)ccc2F)CC1. The fraction of sp³-hybridized carbons (Fsp3) is 0.278. The number of rotatable bonds is 4. The standard InChI is InChI=1S/C18H17F2N3O2S/c19-16-5-6-17(20)18(11-16)26(24,25)23-9-7-22(8-10-23)13-15-4-2-1-3-14(15)12-21/h1-6,11H,7-10,13H2. The van der Waals surface area contributed by atoms with Crippen LogP contribution in [0.25, 0.3) is 0 Å². The van der Waals surface area contributed by atoms with E-state index in [0.29, 0.717) is 31.3 Å². The molecule has 2 aromatic rings. The van der Waals surface area contributed by atoms with Gasteiger partial charge in [-0.25, -0.2) is 17.2 Å². The predicted octanol–water partition coefficient (Wildman–Crippen LogP) is 2.34. The first-order chi connectivity index (χ1) is 12.4. The summed E-state index contributed by atoms with van der Waals surface area (Å²) >= 11 is 0. The summed E-state index contributed by atoms with van der Waals surface area (Å²) in [4.78, 5) is 1.39. The van der Waals surface area contributed by atoms with E-state index in [2.05, 4.69) is 6.07 Å². The Balaban J connectivity index is 1.70. The highest BCUT2D eigenvalue weighted by atomic mass is 32.2. The number of nitriles is 1. The fourth-order valence-electron chi connectivity index (χ4n) is 2.95. The van der Waals surface area contributed by atoms with Crippen molar-refractivity contribution >= 4 is 10.0 Å². The van der Waals surface area contributed by atoms with Crippen LogP contribution in [-0.4, -0.2) is 43.8 Å². The molecule has 0 radical (unpaired) electrons. The van der Waals surface area contributed by atoms with Gasteiger partial charge in [-0.3, -0.25) is 4.90 Å². The molecular formula is C18H17F2N3O2S. The molecule has 0 unspecified atom stereocenters. The molecule has 1 aliphatic heterocycles. The van der Waals surface area contributed by atoms with Gasteiger partial charge in [0.05, 0.1) is 11.6 Å². The number of piperazine rings is 1. The number of hydrogen-bond donors (Lipinski definition) is 0. The third kappa shape index (κ3) is 3.75. The Labute approximate surface area is 151 Å². The molecule has 0 atom stereocenters. The van der Waals surface area contributed by atoms with E-state index in [4.69, 9.17) is 5.26 Å². The van der Waals surface area contributed by atoms with Gasteiger partial charge < -0.3 is 0 Å². The van der Waals surface area contributed by atoms with Crippen LogP contribution in [0.15, 0.2) is 47.4 Å². The number of sulfonamides is 1. The molecule has 1 fully saturated rings. The Morgan fingerprint density at radius 2 is 1.73 bits per heavy atom. The molecule has 2 aromatic carbocycles. The smallest absolute Gasteiger partial charge is 0.246 e. The normalized spacial score (nSPS) is 16.3. The molecule has 1 heterocycles. The van der Waals surface area contributed by atoms with E-state index in [1.54, 1.807) is 12.1 Å². The van der Waals surface area contributed by atoms with E-state index < -0.39 is 26.6 Å². The summed E-state index contributed by atoms with van der Waals surface area (Å²) in [5, 5.41) is 9.15. The van der Waals surface area contributed by atoms with Crippen molar-refractivity contribution < 1.29 is 17.2 Å². The molecule has 0 amide bonds. The van der Waals surface area contributed by atoms with Gasteiger partial charge >= 0.3 is 0 Å². The Morgan fingerprint density at radius 3 is 2.42 bits per heavy atom. The Morgan fingerprint density at radius 1 is 1.04 bits per heavy atom. The van der Waals surface area contributed by atoms with Gasteiger partial charge in [0, 0.05) is 32.7 Å². The molecule has 26 heavy (non-hydrogen) atoms. The fourth-order valence-corrected chi connectivity index (χ4v) is 4.45. The summed E-state index contributed by atoms with van der Waals surface area (Å²) < 4.78 is 53.5. The van der Waals surface area contributed by atoms with Crippen molar-refractivity contribution in [1.29, 1.82) is 5.26 Å². The summed E-state index contributed by atoms with van der Waals surface area (Å²) in [7, 11) is -4.08. The van der Waals surface area contributed by atoms with Crippen molar-refractivity contribution in [1.82, 2.24) is 9.21 Å². The monoisotopic (exact) mass is 377 g/mol. The van der Waals surface area contributed by atoms with Crippen molar-refractivity contribution in [3.05, 3.63) is 65.2 Å². The quantitative estimate of drug-likeness (QED) is 0.821. The first-order valence-electron chi connectivity index (χ1n) is 8.07. The van der Waals surface area contributed by atoms with Gasteiger partial charge in [-0.1, -0.05) is 18.2 Å². The lowest BCUT2D eigenvalue weighted by atomic mass is 10.1. The van der Waals surface area contributed by atoms with Gasteiger partial charge in [0.15, 0.2) is 0 Å². The maximum atomic E-state index is 13.9. The topological polar surface area (TPSA) is 64.4 Å². The zero-order valence-corrected chi connectivity index (χ0v) is 14.7. The minimum absolute atomic E-state index is 0.174. The van der Waals surface area contributed by atoms with Gasteiger partial charge in [0.1, 0.15) is 16.5 Å². The van der Waals surface area contributed by atoms with Crippen molar-refractivity contribution in [2.75, 3.05) is 26.2 Å². The van der Waals surface area contributed by atoms with Crippen LogP contribution in [0.2, 0.25) is 0 Å². The van der Waals surface area contributed by atoms with Gasteiger partial charge in [-0.2, -0.15) is 9.57 Å². The summed E-state index contributed by atoms with van der Waals surface area (Å²) in [5.41, 5.74) is 1.46. The summed E-state index contributed by atoms with van der Waals surface area (Å²) in [5.74, 6) is -1.76. The van der Waals surface area contributed by atoms with E-state index in [1.807, 2.05) is 17.0 Å². The molecule has 1 aliphatic rings. The molecule has 8 heteroatoms. The van der Waals surface area contributed by atoms with Gasteiger partial charge in [0.25, 0.3) is 0 Å². The lowest BCUT2D eigenvalue weighted by molar-refractivity contribution is 0.181. The summed E-state index contributed by atoms with van der Waals surface area (Å²) in [6.07, 6.45) is 0. The largest absolute Gasteiger partial charge is 0.296 e. The average molecular weight is 377 g/mol. The highest BCUT2D eigenvalue weighted by molar-refractivity contribution is 7.89. The minimum Gasteiger partial charge on any atom is -0.296 e. The predicted molar refractivity (Wildman–Crippen MR) is 91.6 cm³/mol. The molecule has 0 N–H and O–H groups in total. The van der Waals surface area contributed by atoms with E-state index in [-0.39, 0.29) is 13.1 Å². The molecule has 5 nitrogen and oxygen atoms in total.